The van der Waals surface area contributed by atoms with Crippen LogP contribution in [0.5, 0.6) is 11.5 Å². The first-order chi connectivity index (χ1) is 22.2. The van der Waals surface area contributed by atoms with Crippen molar-refractivity contribution in [3.63, 3.8) is 0 Å². The molecule has 0 amide bonds. The molecule has 9 nitrogen and oxygen atoms in total. The van der Waals surface area contributed by atoms with Gasteiger partial charge in [-0.15, -0.1) is 0 Å². The molecule has 0 spiro atoms. The van der Waals surface area contributed by atoms with Gasteiger partial charge in [0.15, 0.2) is 5.78 Å². The quantitative estimate of drug-likeness (QED) is 0.0963. The molecule has 6 rings (SSSR count). The van der Waals surface area contributed by atoms with E-state index in [1.165, 1.54) is 9.25 Å². The molecular weight excluding hydrogens is 609 g/mol. The van der Waals surface area contributed by atoms with Crippen molar-refractivity contribution < 1.29 is 14.0 Å². The lowest BCUT2D eigenvalue weighted by molar-refractivity contribution is 0.103. The number of rotatable bonds is 8. The van der Waals surface area contributed by atoms with Gasteiger partial charge in [0.1, 0.15) is 23.1 Å². The van der Waals surface area contributed by atoms with Gasteiger partial charge >= 0.3 is 11.4 Å². The third-order valence-corrected chi connectivity index (χ3v) is 16.0. The first kappa shape index (κ1) is 32.4. The maximum absolute atomic E-state index is 14.2. The lowest BCUT2D eigenvalue weighted by Crippen LogP contribution is -2.50. The molecule has 2 aliphatic heterocycles. The summed E-state index contributed by atoms with van der Waals surface area (Å²) >= 11 is 0. The average molecular weight is 653 g/mol. The fraction of sp³-hybridized carbons (Fsp3) is 0.378. The zero-order chi connectivity index (χ0) is 34.0. The molecule has 0 saturated carbocycles. The maximum Gasteiger partial charge on any atom is 0.352 e. The van der Waals surface area contributed by atoms with Gasteiger partial charge in [0.25, 0.3) is 8.32 Å². The number of benzene rings is 3. The third kappa shape index (κ3) is 5.19. The van der Waals surface area contributed by atoms with Gasteiger partial charge in [-0.25, -0.2) is 23.5 Å². The summed E-state index contributed by atoms with van der Waals surface area (Å²) in [5.74, 6) is 1.23. The van der Waals surface area contributed by atoms with Gasteiger partial charge in [-0.2, -0.15) is 0 Å². The van der Waals surface area contributed by atoms with E-state index in [0.717, 1.165) is 16.9 Å². The Hall–Kier alpha value is -4.57. The highest BCUT2D eigenvalue weighted by Gasteiger charge is 2.48. The highest BCUT2D eigenvalue weighted by atomic mass is 28.4. The number of ether oxygens (including phenoxy) is 1. The standard InChI is InChI=1S/C37H44N4O5Si/c1-22(2)47(23(3)4,24(5)6)46-29-17-18-30-32(21-29)45-37(7,8)31-19-20-39-35(43)40(36(44)41(39)33(30)31)28-15-11-26(12-16-28)34(42)25-9-13-27(38)14-10-25/h9-19,21-24,33H,20,38H2,1-8H3. The molecule has 1 unspecified atom stereocenters. The van der Waals surface area contributed by atoms with E-state index in [-0.39, 0.29) is 12.3 Å². The van der Waals surface area contributed by atoms with Crippen molar-refractivity contribution >= 4 is 19.8 Å². The minimum Gasteiger partial charge on any atom is -0.543 e. The van der Waals surface area contributed by atoms with Crippen LogP contribution in [-0.4, -0.2) is 33.6 Å². The van der Waals surface area contributed by atoms with Gasteiger partial charge in [-0.1, -0.05) is 47.6 Å². The van der Waals surface area contributed by atoms with Crippen molar-refractivity contribution in [2.24, 2.45) is 0 Å². The molecule has 2 aliphatic rings. The number of fused-ring (bicyclic) bond motifs is 5. The number of anilines is 1. The molecule has 3 aromatic carbocycles. The summed E-state index contributed by atoms with van der Waals surface area (Å²) in [6, 6.07) is 18.6. The van der Waals surface area contributed by atoms with E-state index in [2.05, 4.69) is 41.5 Å². The molecule has 0 saturated heterocycles. The van der Waals surface area contributed by atoms with E-state index in [1.807, 2.05) is 38.1 Å². The zero-order valence-corrected chi connectivity index (χ0v) is 29.4. The maximum atomic E-state index is 14.2. The average Bonchev–Trinajstić information content (AvgIpc) is 3.28. The summed E-state index contributed by atoms with van der Waals surface area (Å²) in [4.78, 5) is 41.0. The Kier molecular flexibility index (Phi) is 7.98. The van der Waals surface area contributed by atoms with Gasteiger partial charge in [-0.3, -0.25) is 4.79 Å². The van der Waals surface area contributed by atoms with Crippen LogP contribution in [0.1, 0.15) is 82.9 Å². The number of nitrogens with zero attached hydrogens (tertiary/aromatic N) is 3. The first-order valence-electron chi connectivity index (χ1n) is 16.3. The number of aromatic nitrogens is 3. The van der Waals surface area contributed by atoms with Crippen molar-refractivity contribution in [1.29, 1.82) is 0 Å². The van der Waals surface area contributed by atoms with Crippen molar-refractivity contribution in [2.45, 2.75) is 90.2 Å². The minimum atomic E-state index is -2.22. The van der Waals surface area contributed by atoms with Gasteiger partial charge in [0, 0.05) is 28.4 Å². The smallest absolute Gasteiger partial charge is 0.352 e. The number of ketones is 1. The van der Waals surface area contributed by atoms with Crippen LogP contribution in [0, 0.1) is 0 Å². The summed E-state index contributed by atoms with van der Waals surface area (Å²) in [5, 5.41) is 0. The summed E-state index contributed by atoms with van der Waals surface area (Å²) in [5.41, 5.74) is 8.96. The number of carbonyl (C=O) groups is 1. The second kappa shape index (κ2) is 11.6. The van der Waals surface area contributed by atoms with E-state index < -0.39 is 31.3 Å². The van der Waals surface area contributed by atoms with Crippen molar-refractivity contribution in [3.8, 4) is 17.2 Å². The number of nitrogens with two attached hydrogens (primary N) is 1. The van der Waals surface area contributed by atoms with Crippen LogP contribution >= 0.6 is 0 Å². The number of carbonyl (C=O) groups excluding carboxylic acids is 1. The molecule has 1 aromatic heterocycles. The van der Waals surface area contributed by atoms with E-state index in [1.54, 1.807) is 53.2 Å². The van der Waals surface area contributed by atoms with Gasteiger partial charge in [0.2, 0.25) is 0 Å². The Bertz CT molecular complexity index is 1970. The molecule has 0 fully saturated rings. The molecule has 4 aromatic rings. The molecule has 1 atom stereocenters. The Morgan fingerprint density at radius 2 is 1.45 bits per heavy atom. The molecule has 0 aliphatic carbocycles. The predicted molar refractivity (Wildman–Crippen MR) is 188 cm³/mol. The Labute approximate surface area is 276 Å². The fourth-order valence-electron chi connectivity index (χ4n) is 7.78. The van der Waals surface area contributed by atoms with Crippen LogP contribution in [0.25, 0.3) is 5.69 Å². The highest BCUT2D eigenvalue weighted by molar-refractivity contribution is 6.78. The lowest BCUT2D eigenvalue weighted by Gasteiger charge is -2.44. The van der Waals surface area contributed by atoms with Crippen molar-refractivity contribution in [3.05, 3.63) is 116 Å². The number of hydrogen-bond acceptors (Lipinski definition) is 6. The second-order valence-corrected chi connectivity index (χ2v) is 19.5. The topological polar surface area (TPSA) is 110 Å². The molecule has 47 heavy (non-hydrogen) atoms. The summed E-state index contributed by atoms with van der Waals surface area (Å²) < 4.78 is 17.8. The first-order valence-corrected chi connectivity index (χ1v) is 18.5. The zero-order valence-electron chi connectivity index (χ0n) is 28.4. The SMILES string of the molecule is CC(C)[Si](Oc1ccc2c(c1)OC(C)(C)C1=CCn3c(=O)n(-c4ccc(C(=O)c5ccc(N)cc5)cc4)c(=O)n3C12)(C(C)C)C(C)C. The van der Waals surface area contributed by atoms with E-state index in [0.29, 0.717) is 44.9 Å². The summed E-state index contributed by atoms with van der Waals surface area (Å²) in [7, 11) is -2.22. The molecule has 3 heterocycles. The highest BCUT2D eigenvalue weighted by Crippen LogP contribution is 2.49. The Morgan fingerprint density at radius 3 is 2.02 bits per heavy atom. The summed E-state index contributed by atoms with van der Waals surface area (Å²) in [6.07, 6.45) is 1.99. The van der Waals surface area contributed by atoms with Crippen molar-refractivity contribution in [2.75, 3.05) is 5.73 Å². The minimum absolute atomic E-state index is 0.176. The van der Waals surface area contributed by atoms with Crippen LogP contribution in [-0.2, 0) is 6.54 Å². The van der Waals surface area contributed by atoms with Gasteiger partial charge in [-0.05, 0) is 96.7 Å². The lowest BCUT2D eigenvalue weighted by atomic mass is 9.83. The van der Waals surface area contributed by atoms with Gasteiger partial charge in [0.05, 0.1) is 12.2 Å². The van der Waals surface area contributed by atoms with Crippen LogP contribution in [0.3, 0.4) is 0 Å². The molecule has 2 N–H and O–H groups in total. The molecule has 0 bridgehead atoms. The Morgan fingerprint density at radius 1 is 0.872 bits per heavy atom. The van der Waals surface area contributed by atoms with Crippen LogP contribution < -0.4 is 26.3 Å². The normalized spacial score (nSPS) is 16.7. The monoisotopic (exact) mass is 652 g/mol. The van der Waals surface area contributed by atoms with E-state index in [4.69, 9.17) is 14.9 Å². The predicted octanol–water partition coefficient (Wildman–Crippen LogP) is 6.87. The van der Waals surface area contributed by atoms with E-state index >= 15 is 0 Å². The largest absolute Gasteiger partial charge is 0.543 e. The number of hydrogen-bond donors (Lipinski definition) is 1. The van der Waals surface area contributed by atoms with Crippen LogP contribution in [0.4, 0.5) is 5.69 Å². The molecule has 0 radical (unpaired) electrons. The number of allylic oxidation sites excluding steroid dienone is 1. The fourth-order valence-corrected chi connectivity index (χ4v) is 13.0. The molecule has 10 heteroatoms. The number of nitrogen functional groups attached to an aromatic ring is 1. The second-order valence-electron chi connectivity index (χ2n) is 14.1. The molecule has 246 valence electrons. The van der Waals surface area contributed by atoms with Gasteiger partial charge < -0.3 is 14.9 Å². The molecular formula is C37H44N4O5Si. The van der Waals surface area contributed by atoms with E-state index in [9.17, 15) is 14.4 Å². The summed E-state index contributed by atoms with van der Waals surface area (Å²) in [6.45, 7) is 17.7. The third-order valence-electron chi connectivity index (χ3n) is 9.98. The van der Waals surface area contributed by atoms with Crippen molar-refractivity contribution in [1.82, 2.24) is 13.9 Å². The van der Waals surface area contributed by atoms with Crippen LogP contribution in [0.15, 0.2) is 88.0 Å². The van der Waals surface area contributed by atoms with Crippen LogP contribution in [0.2, 0.25) is 16.6 Å². The Balaban J connectivity index is 1.40.